The van der Waals surface area contributed by atoms with Gasteiger partial charge < -0.3 is 4.52 Å². The Hall–Kier alpha value is -1.26. The standard InChI is InChI=1S/C17H18BrN3O3S2/c18-16-6-7-17(25-16)26(22,23)21-9-3-8-20(10-11-21)12-14-13-4-1-2-5-15(13)24-19-14/h1-2,4-7H,3,8-12H2. The first-order chi connectivity index (χ1) is 12.5. The van der Waals surface area contributed by atoms with Crippen LogP contribution in [-0.4, -0.2) is 49.0 Å². The summed E-state index contributed by atoms with van der Waals surface area (Å²) in [5.74, 6) is 0. The number of fused-ring (bicyclic) bond motifs is 1. The van der Waals surface area contributed by atoms with Gasteiger partial charge in [0.2, 0.25) is 0 Å². The molecule has 26 heavy (non-hydrogen) atoms. The molecular weight excluding hydrogens is 438 g/mol. The van der Waals surface area contributed by atoms with Crippen LogP contribution in [0.1, 0.15) is 12.1 Å². The lowest BCUT2D eigenvalue weighted by Gasteiger charge is -2.20. The minimum atomic E-state index is -3.42. The average Bonchev–Trinajstić information content (AvgIpc) is 3.16. The molecule has 3 aromatic rings. The van der Waals surface area contributed by atoms with Crippen LogP contribution in [0, 0.1) is 0 Å². The monoisotopic (exact) mass is 455 g/mol. The quantitative estimate of drug-likeness (QED) is 0.601. The van der Waals surface area contributed by atoms with Gasteiger partial charge in [0, 0.05) is 31.6 Å². The number of rotatable bonds is 4. The van der Waals surface area contributed by atoms with Crippen LogP contribution in [0.3, 0.4) is 0 Å². The molecular formula is C17H18BrN3O3S2. The molecule has 6 nitrogen and oxygen atoms in total. The number of hydrogen-bond donors (Lipinski definition) is 0. The minimum Gasteiger partial charge on any atom is -0.356 e. The smallest absolute Gasteiger partial charge is 0.252 e. The molecule has 1 aliphatic rings. The largest absolute Gasteiger partial charge is 0.356 e. The van der Waals surface area contributed by atoms with Gasteiger partial charge in [0.15, 0.2) is 5.58 Å². The molecule has 4 rings (SSSR count). The van der Waals surface area contributed by atoms with Gasteiger partial charge in [-0.15, -0.1) is 11.3 Å². The van der Waals surface area contributed by atoms with Crippen LogP contribution in [0.4, 0.5) is 0 Å². The van der Waals surface area contributed by atoms with Crippen molar-refractivity contribution in [2.45, 2.75) is 17.2 Å². The summed E-state index contributed by atoms with van der Waals surface area (Å²) in [6, 6.07) is 11.2. The Kier molecular flexibility index (Phi) is 5.15. The maximum Gasteiger partial charge on any atom is 0.252 e. The van der Waals surface area contributed by atoms with E-state index in [2.05, 4.69) is 26.0 Å². The van der Waals surface area contributed by atoms with Crippen molar-refractivity contribution in [3.8, 4) is 0 Å². The summed E-state index contributed by atoms with van der Waals surface area (Å²) in [5, 5.41) is 5.20. The van der Waals surface area contributed by atoms with E-state index in [-0.39, 0.29) is 0 Å². The van der Waals surface area contributed by atoms with Crippen molar-refractivity contribution in [2.24, 2.45) is 0 Å². The van der Waals surface area contributed by atoms with Crippen LogP contribution in [-0.2, 0) is 16.6 Å². The Balaban J connectivity index is 1.47. The Morgan fingerprint density at radius 3 is 2.77 bits per heavy atom. The van der Waals surface area contributed by atoms with Gasteiger partial charge in [-0.1, -0.05) is 17.3 Å². The van der Waals surface area contributed by atoms with Crippen molar-refractivity contribution in [1.29, 1.82) is 0 Å². The van der Waals surface area contributed by atoms with Crippen molar-refractivity contribution in [3.05, 3.63) is 45.9 Å². The molecule has 138 valence electrons. The van der Waals surface area contributed by atoms with Gasteiger partial charge in [-0.25, -0.2) is 8.42 Å². The van der Waals surface area contributed by atoms with Crippen molar-refractivity contribution in [1.82, 2.24) is 14.4 Å². The van der Waals surface area contributed by atoms with Crippen LogP contribution >= 0.6 is 27.3 Å². The van der Waals surface area contributed by atoms with Crippen LogP contribution in [0.25, 0.3) is 11.0 Å². The molecule has 0 amide bonds. The van der Waals surface area contributed by atoms with Crippen LogP contribution in [0.5, 0.6) is 0 Å². The highest BCUT2D eigenvalue weighted by Crippen LogP contribution is 2.29. The molecule has 1 aliphatic heterocycles. The maximum absolute atomic E-state index is 12.8. The Morgan fingerprint density at radius 1 is 1.12 bits per heavy atom. The molecule has 1 saturated heterocycles. The number of hydrogen-bond acceptors (Lipinski definition) is 6. The molecule has 0 unspecified atom stereocenters. The second kappa shape index (κ2) is 7.40. The minimum absolute atomic E-state index is 0.389. The highest BCUT2D eigenvalue weighted by Gasteiger charge is 2.28. The third-order valence-corrected chi connectivity index (χ3v) is 8.51. The van der Waals surface area contributed by atoms with Crippen molar-refractivity contribution in [3.63, 3.8) is 0 Å². The van der Waals surface area contributed by atoms with Gasteiger partial charge >= 0.3 is 0 Å². The Labute approximate surface area is 164 Å². The first-order valence-electron chi connectivity index (χ1n) is 8.35. The fourth-order valence-electron chi connectivity index (χ4n) is 3.17. The normalized spacial score (nSPS) is 17.6. The SMILES string of the molecule is O=S(=O)(c1ccc(Br)s1)N1CCCN(Cc2noc3ccccc23)CC1. The van der Waals surface area contributed by atoms with Crippen LogP contribution < -0.4 is 0 Å². The van der Waals surface area contributed by atoms with Gasteiger partial charge in [-0.3, -0.25) is 4.90 Å². The summed E-state index contributed by atoms with van der Waals surface area (Å²) in [7, 11) is -3.42. The Morgan fingerprint density at radius 2 is 1.96 bits per heavy atom. The third-order valence-electron chi connectivity index (χ3n) is 4.52. The number of benzene rings is 1. The summed E-state index contributed by atoms with van der Waals surface area (Å²) in [4.78, 5) is 2.24. The van der Waals surface area contributed by atoms with E-state index in [1.807, 2.05) is 24.3 Å². The Bertz CT molecular complexity index is 1020. The second-order valence-electron chi connectivity index (χ2n) is 6.22. The van der Waals surface area contributed by atoms with Crippen molar-refractivity contribution < 1.29 is 12.9 Å². The van der Waals surface area contributed by atoms with Crippen LogP contribution in [0.2, 0.25) is 0 Å². The lowest BCUT2D eigenvalue weighted by atomic mass is 10.2. The zero-order valence-corrected chi connectivity index (χ0v) is 17.2. The number of halogens is 1. The fraction of sp³-hybridized carbons (Fsp3) is 0.353. The average molecular weight is 456 g/mol. The van der Waals surface area contributed by atoms with Crippen molar-refractivity contribution >= 4 is 48.3 Å². The first-order valence-corrected chi connectivity index (χ1v) is 11.4. The van der Waals surface area contributed by atoms with E-state index in [1.165, 1.54) is 11.3 Å². The van der Waals surface area contributed by atoms with Gasteiger partial charge in [0.05, 0.1) is 3.79 Å². The molecule has 9 heteroatoms. The number of thiophene rings is 1. The first kappa shape index (κ1) is 18.1. The molecule has 0 saturated carbocycles. The van der Waals surface area contributed by atoms with Gasteiger partial charge in [0.25, 0.3) is 10.0 Å². The topological polar surface area (TPSA) is 66.7 Å². The molecule has 0 N–H and O–H groups in total. The zero-order valence-electron chi connectivity index (χ0n) is 14.0. The maximum atomic E-state index is 12.8. The van der Waals surface area contributed by atoms with Crippen LogP contribution in [0.15, 0.2) is 48.9 Å². The van der Waals surface area contributed by atoms with E-state index < -0.39 is 10.0 Å². The lowest BCUT2D eigenvalue weighted by Crippen LogP contribution is -2.34. The summed E-state index contributed by atoms with van der Waals surface area (Å²) in [5.41, 5.74) is 1.68. The third kappa shape index (κ3) is 3.59. The summed E-state index contributed by atoms with van der Waals surface area (Å²) in [6.07, 6.45) is 0.793. The van der Waals surface area contributed by atoms with E-state index in [9.17, 15) is 8.42 Å². The highest BCUT2D eigenvalue weighted by atomic mass is 79.9. The molecule has 0 aliphatic carbocycles. The summed E-state index contributed by atoms with van der Waals surface area (Å²) in [6.45, 7) is 3.19. The molecule has 1 aromatic carbocycles. The van der Waals surface area contributed by atoms with Gasteiger partial charge in [0.1, 0.15) is 9.90 Å². The van der Waals surface area contributed by atoms with E-state index in [0.29, 0.717) is 30.4 Å². The molecule has 0 atom stereocenters. The molecule has 0 radical (unpaired) electrons. The van der Waals surface area contributed by atoms with E-state index >= 15 is 0 Å². The fourth-order valence-corrected chi connectivity index (χ4v) is 6.81. The van der Waals surface area contributed by atoms with E-state index in [0.717, 1.165) is 33.4 Å². The number of aromatic nitrogens is 1. The molecule has 3 heterocycles. The van der Waals surface area contributed by atoms with Gasteiger partial charge in [-0.05, 0) is 53.2 Å². The molecule has 2 aromatic heterocycles. The van der Waals surface area contributed by atoms with E-state index in [1.54, 1.807) is 16.4 Å². The van der Waals surface area contributed by atoms with Crippen molar-refractivity contribution in [2.75, 3.05) is 26.2 Å². The van der Waals surface area contributed by atoms with Gasteiger partial charge in [-0.2, -0.15) is 4.31 Å². The van der Waals surface area contributed by atoms with E-state index in [4.69, 9.17) is 4.52 Å². The molecule has 0 bridgehead atoms. The summed E-state index contributed by atoms with van der Waals surface area (Å²) >= 11 is 4.59. The molecule has 1 fully saturated rings. The number of nitrogens with zero attached hydrogens (tertiary/aromatic N) is 3. The predicted octanol–water partition coefficient (Wildman–Crippen LogP) is 3.55. The number of sulfonamides is 1. The highest BCUT2D eigenvalue weighted by molar-refractivity contribution is 9.11. The lowest BCUT2D eigenvalue weighted by molar-refractivity contribution is 0.270. The number of para-hydroxylation sites is 1. The zero-order chi connectivity index (χ0) is 18.1. The predicted molar refractivity (Wildman–Crippen MR) is 105 cm³/mol. The second-order valence-corrected chi connectivity index (χ2v) is 10.8. The summed E-state index contributed by atoms with van der Waals surface area (Å²) < 4.78 is 33.8. The molecule has 0 spiro atoms.